The van der Waals surface area contributed by atoms with Gasteiger partial charge in [0.05, 0.1) is 6.04 Å². The molecule has 92 valence electrons. The largest absolute Gasteiger partial charge is 0.399 e. The maximum Gasteiger partial charge on any atom is 0.234 e. The minimum absolute atomic E-state index is 0.171. The van der Waals surface area contributed by atoms with Crippen LogP contribution < -0.4 is 17.2 Å². The van der Waals surface area contributed by atoms with E-state index in [2.05, 4.69) is 4.90 Å². The monoisotopic (exact) mass is 234 g/mol. The summed E-state index contributed by atoms with van der Waals surface area (Å²) in [5, 5.41) is 0. The van der Waals surface area contributed by atoms with Crippen LogP contribution in [0.25, 0.3) is 0 Å². The predicted molar refractivity (Wildman–Crippen MR) is 67.9 cm³/mol. The molecule has 1 aromatic rings. The molecule has 0 spiro atoms. The lowest BCUT2D eigenvalue weighted by Gasteiger charge is -2.22. The van der Waals surface area contributed by atoms with E-state index in [0.29, 0.717) is 17.9 Å². The molecule has 1 heterocycles. The van der Waals surface area contributed by atoms with Crippen LogP contribution in [-0.2, 0) is 11.3 Å². The molecule has 0 aromatic heterocycles. The van der Waals surface area contributed by atoms with Crippen molar-refractivity contribution in [3.63, 3.8) is 0 Å². The van der Waals surface area contributed by atoms with Crippen LogP contribution in [0.3, 0.4) is 0 Å². The molecular formula is C12H18N4O. The van der Waals surface area contributed by atoms with E-state index in [1.165, 1.54) is 0 Å². The van der Waals surface area contributed by atoms with Crippen LogP contribution in [0, 0.1) is 0 Å². The van der Waals surface area contributed by atoms with Crippen molar-refractivity contribution in [1.29, 1.82) is 0 Å². The van der Waals surface area contributed by atoms with Crippen LogP contribution in [0.4, 0.5) is 11.4 Å². The van der Waals surface area contributed by atoms with Gasteiger partial charge in [0.1, 0.15) is 0 Å². The quantitative estimate of drug-likeness (QED) is 0.655. The second-order valence-electron chi connectivity index (χ2n) is 4.49. The first-order valence-corrected chi connectivity index (χ1v) is 5.75. The van der Waals surface area contributed by atoms with E-state index in [1.54, 1.807) is 12.1 Å². The number of likely N-dealkylation sites (tertiary alicyclic amines) is 1. The van der Waals surface area contributed by atoms with Gasteiger partial charge in [-0.05, 0) is 43.1 Å². The van der Waals surface area contributed by atoms with Gasteiger partial charge in [-0.1, -0.05) is 0 Å². The highest BCUT2D eigenvalue weighted by Crippen LogP contribution is 2.23. The smallest absolute Gasteiger partial charge is 0.234 e. The molecule has 1 atom stereocenters. The number of hydrogen-bond donors (Lipinski definition) is 3. The van der Waals surface area contributed by atoms with Gasteiger partial charge in [0.2, 0.25) is 5.91 Å². The maximum atomic E-state index is 11.3. The van der Waals surface area contributed by atoms with E-state index in [0.717, 1.165) is 24.9 Å². The number of primary amides is 1. The van der Waals surface area contributed by atoms with Crippen LogP contribution in [0.15, 0.2) is 18.2 Å². The van der Waals surface area contributed by atoms with Crippen LogP contribution in [0.1, 0.15) is 18.4 Å². The van der Waals surface area contributed by atoms with Crippen LogP contribution in [0.2, 0.25) is 0 Å². The molecule has 5 nitrogen and oxygen atoms in total. The fourth-order valence-corrected chi connectivity index (χ4v) is 2.32. The van der Waals surface area contributed by atoms with E-state index in [9.17, 15) is 4.79 Å². The van der Waals surface area contributed by atoms with E-state index in [-0.39, 0.29) is 11.9 Å². The number of nitrogens with two attached hydrogens (primary N) is 3. The minimum atomic E-state index is -0.259. The van der Waals surface area contributed by atoms with Crippen molar-refractivity contribution in [3.8, 4) is 0 Å². The first kappa shape index (κ1) is 11.7. The van der Waals surface area contributed by atoms with E-state index in [1.807, 2.05) is 6.07 Å². The van der Waals surface area contributed by atoms with Gasteiger partial charge in [0.15, 0.2) is 0 Å². The number of nitrogens with zero attached hydrogens (tertiary/aromatic N) is 1. The molecule has 5 heteroatoms. The van der Waals surface area contributed by atoms with Crippen molar-refractivity contribution in [2.75, 3.05) is 18.0 Å². The molecule has 1 aliphatic rings. The molecule has 1 saturated heterocycles. The number of carbonyl (C=O) groups is 1. The summed E-state index contributed by atoms with van der Waals surface area (Å²) in [7, 11) is 0. The highest BCUT2D eigenvalue weighted by molar-refractivity contribution is 5.80. The summed E-state index contributed by atoms with van der Waals surface area (Å²) < 4.78 is 0. The molecule has 6 N–H and O–H groups in total. The van der Waals surface area contributed by atoms with Gasteiger partial charge in [-0.25, -0.2) is 0 Å². The van der Waals surface area contributed by atoms with Gasteiger partial charge in [0.25, 0.3) is 0 Å². The van der Waals surface area contributed by atoms with Gasteiger partial charge < -0.3 is 17.2 Å². The molecule has 2 rings (SSSR count). The average molecular weight is 234 g/mol. The van der Waals surface area contributed by atoms with Crippen molar-refractivity contribution in [2.24, 2.45) is 5.73 Å². The Labute approximate surface area is 101 Å². The Morgan fingerprint density at radius 1 is 1.41 bits per heavy atom. The second kappa shape index (κ2) is 4.63. The zero-order valence-electron chi connectivity index (χ0n) is 9.73. The number of carbonyl (C=O) groups excluding carboxylic acids is 1. The Hall–Kier alpha value is -1.75. The summed E-state index contributed by atoms with van der Waals surface area (Å²) in [6.07, 6.45) is 1.83. The Bertz CT molecular complexity index is 433. The second-order valence-corrected chi connectivity index (χ2v) is 4.49. The van der Waals surface area contributed by atoms with Crippen LogP contribution >= 0.6 is 0 Å². The van der Waals surface area contributed by atoms with Gasteiger partial charge in [-0.2, -0.15) is 0 Å². The third-order valence-electron chi connectivity index (χ3n) is 3.23. The van der Waals surface area contributed by atoms with Gasteiger partial charge in [-0.15, -0.1) is 0 Å². The average Bonchev–Trinajstić information content (AvgIpc) is 2.71. The molecule has 0 radical (unpaired) electrons. The summed E-state index contributed by atoms with van der Waals surface area (Å²) in [5.41, 5.74) is 19.3. The lowest BCUT2D eigenvalue weighted by Crippen LogP contribution is -2.39. The Balaban J connectivity index is 2.15. The van der Waals surface area contributed by atoms with Crippen molar-refractivity contribution in [2.45, 2.75) is 25.4 Å². The number of anilines is 2. The lowest BCUT2D eigenvalue weighted by atomic mass is 10.1. The number of nitrogen functional groups attached to an aromatic ring is 2. The summed E-state index contributed by atoms with van der Waals surface area (Å²) in [4.78, 5) is 13.3. The molecule has 1 amide bonds. The zero-order valence-corrected chi connectivity index (χ0v) is 9.73. The number of rotatable bonds is 3. The lowest BCUT2D eigenvalue weighted by molar-refractivity contribution is -0.122. The fourth-order valence-electron chi connectivity index (χ4n) is 2.32. The summed E-state index contributed by atoms with van der Waals surface area (Å²) in [6, 6.07) is 5.25. The van der Waals surface area contributed by atoms with Crippen LogP contribution in [0.5, 0.6) is 0 Å². The van der Waals surface area contributed by atoms with Crippen molar-refractivity contribution >= 4 is 17.3 Å². The Morgan fingerprint density at radius 2 is 2.18 bits per heavy atom. The Kier molecular flexibility index (Phi) is 3.19. The first-order chi connectivity index (χ1) is 8.08. The highest BCUT2D eigenvalue weighted by Gasteiger charge is 2.29. The van der Waals surface area contributed by atoms with E-state index in [4.69, 9.17) is 17.2 Å². The molecule has 1 fully saturated rings. The molecule has 1 aliphatic heterocycles. The first-order valence-electron chi connectivity index (χ1n) is 5.75. The van der Waals surface area contributed by atoms with Crippen LogP contribution in [-0.4, -0.2) is 23.4 Å². The molecule has 1 aromatic carbocycles. The summed E-state index contributed by atoms with van der Waals surface area (Å²) in [5.74, 6) is -0.259. The third kappa shape index (κ3) is 2.50. The van der Waals surface area contributed by atoms with Crippen molar-refractivity contribution < 1.29 is 4.79 Å². The normalized spacial score (nSPS) is 20.6. The van der Waals surface area contributed by atoms with Crippen molar-refractivity contribution in [3.05, 3.63) is 23.8 Å². The maximum absolute atomic E-state index is 11.3. The predicted octanol–water partition coefficient (Wildman–Crippen LogP) is 0.301. The molecule has 0 saturated carbocycles. The molecular weight excluding hydrogens is 216 g/mol. The zero-order chi connectivity index (χ0) is 12.4. The highest BCUT2D eigenvalue weighted by atomic mass is 16.1. The van der Waals surface area contributed by atoms with Gasteiger partial charge in [-0.3, -0.25) is 9.69 Å². The summed E-state index contributed by atoms with van der Waals surface area (Å²) in [6.45, 7) is 1.51. The molecule has 0 aliphatic carbocycles. The topological polar surface area (TPSA) is 98.4 Å². The minimum Gasteiger partial charge on any atom is -0.399 e. The standard InChI is InChI=1S/C12H18N4O/c13-9-3-4-10(14)8(6-9)7-16-5-1-2-11(16)12(15)17/h3-4,6,11H,1-2,5,7,13-14H2,(H2,15,17). The SMILES string of the molecule is NC(=O)C1CCCN1Cc1cc(N)ccc1N. The molecule has 17 heavy (non-hydrogen) atoms. The fraction of sp³-hybridized carbons (Fsp3) is 0.417. The van der Waals surface area contributed by atoms with Crippen molar-refractivity contribution in [1.82, 2.24) is 4.90 Å². The number of hydrogen-bond acceptors (Lipinski definition) is 4. The molecule has 1 unspecified atom stereocenters. The van der Waals surface area contributed by atoms with E-state index < -0.39 is 0 Å². The number of amides is 1. The van der Waals surface area contributed by atoms with Gasteiger partial charge >= 0.3 is 0 Å². The number of benzene rings is 1. The molecule has 0 bridgehead atoms. The summed E-state index contributed by atoms with van der Waals surface area (Å²) >= 11 is 0. The van der Waals surface area contributed by atoms with E-state index >= 15 is 0 Å². The third-order valence-corrected chi connectivity index (χ3v) is 3.23. The Morgan fingerprint density at radius 3 is 2.88 bits per heavy atom. The van der Waals surface area contributed by atoms with Gasteiger partial charge in [0, 0.05) is 17.9 Å².